The summed E-state index contributed by atoms with van der Waals surface area (Å²) in [7, 11) is 1.63. The minimum Gasteiger partial charge on any atom is -0.497 e. The van der Waals surface area contributed by atoms with E-state index in [1.54, 1.807) is 14.0 Å². The minimum absolute atomic E-state index is 0.168. The third kappa shape index (κ3) is 5.16. The van der Waals surface area contributed by atoms with E-state index < -0.39 is 22.5 Å². The fraction of sp³-hybridized carbons (Fsp3) is 0.708. The van der Waals surface area contributed by atoms with Gasteiger partial charge in [-0.05, 0) is 37.5 Å². The molecule has 0 amide bonds. The van der Waals surface area contributed by atoms with Gasteiger partial charge in [0, 0.05) is 23.9 Å². The summed E-state index contributed by atoms with van der Waals surface area (Å²) in [5.74, 6) is 0.567. The van der Waals surface area contributed by atoms with Crippen LogP contribution in [0.15, 0.2) is 24.3 Å². The first-order chi connectivity index (χ1) is 14.1. The molecule has 1 N–H and O–H groups in total. The van der Waals surface area contributed by atoms with Gasteiger partial charge < -0.3 is 24.1 Å². The second-order valence-corrected chi connectivity index (χ2v) is 9.32. The van der Waals surface area contributed by atoms with Gasteiger partial charge in [-0.15, -0.1) is 0 Å². The number of hydrogen-bond donors (Lipinski definition) is 1. The first-order valence-corrected chi connectivity index (χ1v) is 10.8. The highest BCUT2D eigenvalue weighted by Gasteiger charge is 2.63. The molecule has 0 bridgehead atoms. The predicted molar refractivity (Wildman–Crippen MR) is 116 cm³/mol. The van der Waals surface area contributed by atoms with E-state index in [0.717, 1.165) is 24.2 Å². The fourth-order valence-electron chi connectivity index (χ4n) is 4.43. The zero-order valence-electron chi connectivity index (χ0n) is 19.3. The maximum Gasteiger partial charge on any atom is 0.305 e. The van der Waals surface area contributed by atoms with Crippen molar-refractivity contribution in [3.63, 3.8) is 0 Å². The van der Waals surface area contributed by atoms with Crippen LogP contribution < -0.4 is 4.74 Å². The molecule has 2 atom stereocenters. The van der Waals surface area contributed by atoms with Crippen molar-refractivity contribution in [1.29, 1.82) is 0 Å². The number of aliphatic hydroxyl groups is 1. The molecule has 1 heterocycles. The van der Waals surface area contributed by atoms with E-state index in [4.69, 9.17) is 18.9 Å². The molecule has 6 heteroatoms. The molecule has 1 aliphatic rings. The maximum absolute atomic E-state index is 12.1. The molecule has 0 spiro atoms. The SMILES string of the molecule is CCOC(=O)CCCCOCC(C)(C)[C@@]1(O)[C@H](c2cccc(OC)c2)OCC1(C)C. The van der Waals surface area contributed by atoms with E-state index in [9.17, 15) is 9.90 Å². The highest BCUT2D eigenvalue weighted by Crippen LogP contribution is 2.57. The standard InChI is InChI=1S/C24H38O6/c1-7-29-20(25)13-8-9-14-28-16-22(2,3)24(26)21(30-17-23(24,4)5)18-11-10-12-19(15-18)27-6/h10-12,15,21,26H,7-9,13-14,16-17H2,1-6H3/t21-,24-/m0/s1. The highest BCUT2D eigenvalue weighted by atomic mass is 16.5. The maximum atomic E-state index is 12.1. The van der Waals surface area contributed by atoms with Gasteiger partial charge >= 0.3 is 5.97 Å². The zero-order valence-corrected chi connectivity index (χ0v) is 19.3. The Labute approximate surface area is 180 Å². The van der Waals surface area contributed by atoms with Crippen LogP contribution in [-0.2, 0) is 19.0 Å². The summed E-state index contributed by atoms with van der Waals surface area (Å²) in [5.41, 5.74) is -1.28. The lowest BCUT2D eigenvalue weighted by molar-refractivity contribution is -0.177. The van der Waals surface area contributed by atoms with Crippen molar-refractivity contribution in [2.45, 2.75) is 65.6 Å². The topological polar surface area (TPSA) is 74.2 Å². The molecule has 0 saturated carbocycles. The third-order valence-corrected chi connectivity index (χ3v) is 6.14. The number of ether oxygens (including phenoxy) is 4. The zero-order chi connectivity index (χ0) is 22.4. The van der Waals surface area contributed by atoms with Gasteiger partial charge in [0.1, 0.15) is 17.5 Å². The lowest BCUT2D eigenvalue weighted by Gasteiger charge is -2.49. The quantitative estimate of drug-likeness (QED) is 0.423. The van der Waals surface area contributed by atoms with Crippen LogP contribution in [-0.4, -0.2) is 50.2 Å². The Hall–Kier alpha value is -1.63. The van der Waals surface area contributed by atoms with Gasteiger partial charge in [-0.3, -0.25) is 4.79 Å². The Balaban J connectivity index is 2.05. The lowest BCUT2D eigenvalue weighted by Crippen LogP contribution is -2.57. The van der Waals surface area contributed by atoms with Gasteiger partial charge in [-0.1, -0.05) is 39.8 Å². The molecule has 1 aromatic rings. The Morgan fingerprint density at radius 1 is 1.30 bits per heavy atom. The van der Waals surface area contributed by atoms with Gasteiger partial charge in [0.2, 0.25) is 0 Å². The molecule has 0 unspecified atom stereocenters. The first kappa shape index (κ1) is 24.6. The molecule has 1 aliphatic heterocycles. The van der Waals surface area contributed by atoms with Crippen molar-refractivity contribution < 1.29 is 28.8 Å². The van der Waals surface area contributed by atoms with Crippen molar-refractivity contribution in [1.82, 2.24) is 0 Å². The Bertz CT molecular complexity index is 699. The molecule has 6 nitrogen and oxygen atoms in total. The smallest absolute Gasteiger partial charge is 0.305 e. The Morgan fingerprint density at radius 2 is 2.03 bits per heavy atom. The van der Waals surface area contributed by atoms with E-state index in [1.165, 1.54) is 0 Å². The van der Waals surface area contributed by atoms with Crippen LogP contribution in [0.25, 0.3) is 0 Å². The Kier molecular flexibility index (Phi) is 8.31. The summed E-state index contributed by atoms with van der Waals surface area (Å²) in [6.45, 7) is 11.7. The molecule has 2 rings (SSSR count). The van der Waals surface area contributed by atoms with E-state index in [2.05, 4.69) is 0 Å². The molecule has 0 aromatic heterocycles. The number of rotatable bonds is 11. The molecule has 170 valence electrons. The third-order valence-electron chi connectivity index (χ3n) is 6.14. The fourth-order valence-corrected chi connectivity index (χ4v) is 4.43. The molecule has 30 heavy (non-hydrogen) atoms. The number of carbonyl (C=O) groups excluding carboxylic acids is 1. The number of carbonyl (C=O) groups is 1. The van der Waals surface area contributed by atoms with E-state index >= 15 is 0 Å². The van der Waals surface area contributed by atoms with Crippen molar-refractivity contribution in [2.24, 2.45) is 10.8 Å². The molecule has 0 radical (unpaired) electrons. The number of esters is 1. The van der Waals surface area contributed by atoms with Crippen LogP contribution in [0, 0.1) is 10.8 Å². The minimum atomic E-state index is -1.14. The van der Waals surface area contributed by atoms with Gasteiger partial charge in [-0.2, -0.15) is 0 Å². The number of benzene rings is 1. The Morgan fingerprint density at radius 3 is 2.70 bits per heavy atom. The van der Waals surface area contributed by atoms with Crippen LogP contribution in [0.3, 0.4) is 0 Å². The van der Waals surface area contributed by atoms with E-state index in [-0.39, 0.29) is 5.97 Å². The average molecular weight is 423 g/mol. The van der Waals surface area contributed by atoms with Gasteiger partial charge in [0.15, 0.2) is 0 Å². The van der Waals surface area contributed by atoms with Crippen LogP contribution in [0.1, 0.15) is 65.5 Å². The normalized spacial score (nSPS) is 23.4. The summed E-state index contributed by atoms with van der Waals surface area (Å²) in [5, 5.41) is 12.1. The second kappa shape index (κ2) is 10.1. The van der Waals surface area contributed by atoms with Crippen molar-refractivity contribution in [3.8, 4) is 5.75 Å². The van der Waals surface area contributed by atoms with Crippen LogP contribution in [0.4, 0.5) is 0 Å². The van der Waals surface area contributed by atoms with Gasteiger partial charge in [0.05, 0.1) is 26.9 Å². The van der Waals surface area contributed by atoms with Crippen molar-refractivity contribution in [3.05, 3.63) is 29.8 Å². The van der Waals surface area contributed by atoms with Gasteiger partial charge in [0.25, 0.3) is 0 Å². The van der Waals surface area contributed by atoms with E-state index in [0.29, 0.717) is 32.8 Å². The number of unbranched alkanes of at least 4 members (excludes halogenated alkanes) is 1. The number of hydrogen-bond acceptors (Lipinski definition) is 6. The van der Waals surface area contributed by atoms with Crippen molar-refractivity contribution in [2.75, 3.05) is 33.5 Å². The van der Waals surface area contributed by atoms with Crippen LogP contribution >= 0.6 is 0 Å². The summed E-state index contributed by atoms with van der Waals surface area (Å²) >= 11 is 0. The predicted octanol–water partition coefficient (Wildman–Crippen LogP) is 4.30. The molecule has 1 saturated heterocycles. The van der Waals surface area contributed by atoms with E-state index in [1.807, 2.05) is 52.0 Å². The van der Waals surface area contributed by atoms with Crippen LogP contribution in [0.2, 0.25) is 0 Å². The molecular formula is C24H38O6. The summed E-state index contributed by atoms with van der Waals surface area (Å²) in [6, 6.07) is 7.68. The molecule has 0 aliphatic carbocycles. The molecule has 1 fully saturated rings. The summed E-state index contributed by atoms with van der Waals surface area (Å²) in [6.07, 6.45) is 1.42. The largest absolute Gasteiger partial charge is 0.497 e. The first-order valence-electron chi connectivity index (χ1n) is 10.8. The number of methoxy groups -OCH3 is 1. The molecule has 1 aromatic carbocycles. The monoisotopic (exact) mass is 422 g/mol. The highest BCUT2D eigenvalue weighted by molar-refractivity contribution is 5.69. The second-order valence-electron chi connectivity index (χ2n) is 9.32. The van der Waals surface area contributed by atoms with Crippen molar-refractivity contribution >= 4 is 5.97 Å². The average Bonchev–Trinajstić information content (AvgIpc) is 2.95. The van der Waals surface area contributed by atoms with Crippen LogP contribution in [0.5, 0.6) is 5.75 Å². The lowest BCUT2D eigenvalue weighted by atomic mass is 9.59. The summed E-state index contributed by atoms with van der Waals surface area (Å²) in [4.78, 5) is 11.4. The molecular weight excluding hydrogens is 384 g/mol. The summed E-state index contributed by atoms with van der Waals surface area (Å²) < 4.78 is 22.4. The van der Waals surface area contributed by atoms with Gasteiger partial charge in [-0.25, -0.2) is 0 Å².